The van der Waals surface area contributed by atoms with Crippen LogP contribution >= 0.6 is 12.4 Å². The van der Waals surface area contributed by atoms with E-state index in [4.69, 9.17) is 5.73 Å². The molecule has 3 rings (SSSR count). The summed E-state index contributed by atoms with van der Waals surface area (Å²) in [6, 6.07) is 16.5. The van der Waals surface area contributed by atoms with E-state index >= 15 is 0 Å². The number of benzene rings is 2. The number of urea groups is 1. The minimum absolute atomic E-state index is 0. The molecule has 2 aromatic rings. The maximum absolute atomic E-state index is 12.1. The zero-order valence-corrected chi connectivity index (χ0v) is 16.5. The van der Waals surface area contributed by atoms with E-state index in [1.54, 1.807) is 0 Å². The molecule has 0 radical (unpaired) electrons. The van der Waals surface area contributed by atoms with Gasteiger partial charge in [-0.2, -0.15) is 0 Å². The number of hydrogen-bond donors (Lipinski definition) is 4. The fourth-order valence-corrected chi connectivity index (χ4v) is 3.40. The summed E-state index contributed by atoms with van der Waals surface area (Å²) in [4.78, 5) is 24.2. The maximum atomic E-state index is 12.1. The molecule has 0 saturated heterocycles. The number of nitrogens with one attached hydrogen (secondary N) is 3. The average molecular weight is 403 g/mol. The number of carbonyl (C=O) groups excluding carboxylic acids is 2. The molecule has 0 bridgehead atoms. The van der Waals surface area contributed by atoms with E-state index in [0.717, 1.165) is 30.5 Å². The molecule has 0 spiro atoms. The summed E-state index contributed by atoms with van der Waals surface area (Å²) in [5.41, 5.74) is 8.36. The summed E-state index contributed by atoms with van der Waals surface area (Å²) in [5.74, 6) is 0.317. The van der Waals surface area contributed by atoms with Crippen molar-refractivity contribution in [1.82, 2.24) is 5.32 Å². The van der Waals surface area contributed by atoms with Crippen LogP contribution in [0.5, 0.6) is 0 Å². The molecule has 2 aromatic carbocycles. The van der Waals surface area contributed by atoms with Crippen molar-refractivity contribution < 1.29 is 9.59 Å². The van der Waals surface area contributed by atoms with Crippen LogP contribution in [-0.2, 0) is 11.3 Å². The second kappa shape index (κ2) is 10.7. The Morgan fingerprint density at radius 2 is 1.68 bits per heavy atom. The normalized spacial score (nSPS) is 18.0. The topological polar surface area (TPSA) is 96.2 Å². The first-order chi connectivity index (χ1) is 13.1. The first kappa shape index (κ1) is 21.7. The van der Waals surface area contributed by atoms with E-state index in [2.05, 4.69) is 16.0 Å². The van der Waals surface area contributed by atoms with Crippen molar-refractivity contribution >= 4 is 35.7 Å². The number of rotatable bonds is 6. The highest BCUT2D eigenvalue weighted by atomic mass is 35.5. The van der Waals surface area contributed by atoms with Gasteiger partial charge in [0.2, 0.25) is 5.91 Å². The van der Waals surface area contributed by atoms with E-state index in [0.29, 0.717) is 24.6 Å². The zero-order valence-electron chi connectivity index (χ0n) is 15.7. The molecule has 3 amide bonds. The van der Waals surface area contributed by atoms with Gasteiger partial charge in [0.25, 0.3) is 0 Å². The average Bonchev–Trinajstić information content (AvgIpc) is 3.06. The number of amides is 3. The Kier molecular flexibility index (Phi) is 8.29. The molecule has 2 atom stereocenters. The molecule has 150 valence electrons. The van der Waals surface area contributed by atoms with E-state index in [-0.39, 0.29) is 30.4 Å². The third kappa shape index (κ3) is 6.55. The smallest absolute Gasteiger partial charge is 0.323 e. The van der Waals surface area contributed by atoms with Gasteiger partial charge in [-0.25, -0.2) is 4.79 Å². The quantitative estimate of drug-likeness (QED) is 0.590. The van der Waals surface area contributed by atoms with Crippen molar-refractivity contribution in [3.63, 3.8) is 0 Å². The predicted molar refractivity (Wildman–Crippen MR) is 115 cm³/mol. The number of para-hydroxylation sites is 1. The molecule has 1 fully saturated rings. The summed E-state index contributed by atoms with van der Waals surface area (Å²) >= 11 is 0. The van der Waals surface area contributed by atoms with Gasteiger partial charge in [0.05, 0.1) is 0 Å². The van der Waals surface area contributed by atoms with Gasteiger partial charge >= 0.3 is 6.03 Å². The van der Waals surface area contributed by atoms with Gasteiger partial charge in [0.15, 0.2) is 0 Å². The van der Waals surface area contributed by atoms with Gasteiger partial charge < -0.3 is 21.7 Å². The van der Waals surface area contributed by atoms with Crippen molar-refractivity contribution in [2.24, 2.45) is 11.7 Å². The summed E-state index contributed by atoms with van der Waals surface area (Å²) in [5, 5.41) is 8.52. The van der Waals surface area contributed by atoms with Crippen LogP contribution in [0.15, 0.2) is 54.6 Å². The Labute approximate surface area is 171 Å². The number of carbonyl (C=O) groups is 2. The molecule has 0 heterocycles. The van der Waals surface area contributed by atoms with Crippen molar-refractivity contribution in [1.29, 1.82) is 0 Å². The second-order valence-corrected chi connectivity index (χ2v) is 6.98. The van der Waals surface area contributed by atoms with Crippen LogP contribution in [0.4, 0.5) is 16.2 Å². The lowest BCUT2D eigenvalue weighted by Crippen LogP contribution is -2.31. The van der Waals surface area contributed by atoms with E-state index in [1.165, 1.54) is 0 Å². The number of anilines is 2. The molecule has 1 aliphatic carbocycles. The summed E-state index contributed by atoms with van der Waals surface area (Å²) < 4.78 is 0. The van der Waals surface area contributed by atoms with Crippen molar-refractivity contribution in [2.45, 2.75) is 38.3 Å². The standard InChI is InChI=1S/C21H26N4O2.ClH/c22-19-11-5-7-16(19)13-20(26)23-14-15-6-4-10-18(12-15)25-21(27)24-17-8-2-1-3-9-17;/h1-4,6,8-10,12,16,19H,5,7,11,13-14,22H2,(H,23,26)(H2,24,25,27);1H/t16-,19+;/m0./s1. The Bertz CT molecular complexity index is 785. The molecule has 6 nitrogen and oxygen atoms in total. The fraction of sp³-hybridized carbons (Fsp3) is 0.333. The molecule has 7 heteroatoms. The third-order valence-electron chi connectivity index (χ3n) is 4.87. The molecule has 0 aromatic heterocycles. The largest absolute Gasteiger partial charge is 0.352 e. The van der Waals surface area contributed by atoms with Gasteiger partial charge in [-0.3, -0.25) is 4.79 Å². The summed E-state index contributed by atoms with van der Waals surface area (Å²) in [7, 11) is 0. The Morgan fingerprint density at radius 3 is 2.39 bits per heavy atom. The predicted octanol–water partition coefficient (Wildman–Crippen LogP) is 3.89. The van der Waals surface area contributed by atoms with Gasteiger partial charge in [0.1, 0.15) is 0 Å². The van der Waals surface area contributed by atoms with Crippen LogP contribution in [-0.4, -0.2) is 18.0 Å². The van der Waals surface area contributed by atoms with Crippen molar-refractivity contribution in [3.05, 3.63) is 60.2 Å². The Morgan fingerprint density at radius 1 is 0.964 bits per heavy atom. The summed E-state index contributed by atoms with van der Waals surface area (Å²) in [6.07, 6.45) is 3.64. The zero-order chi connectivity index (χ0) is 19.1. The monoisotopic (exact) mass is 402 g/mol. The van der Waals surface area contributed by atoms with Crippen LogP contribution in [0.1, 0.15) is 31.2 Å². The van der Waals surface area contributed by atoms with Crippen LogP contribution in [0.25, 0.3) is 0 Å². The van der Waals surface area contributed by atoms with Crippen LogP contribution in [0.2, 0.25) is 0 Å². The van der Waals surface area contributed by atoms with Crippen LogP contribution in [0.3, 0.4) is 0 Å². The highest BCUT2D eigenvalue weighted by Crippen LogP contribution is 2.26. The highest BCUT2D eigenvalue weighted by Gasteiger charge is 2.25. The first-order valence-electron chi connectivity index (χ1n) is 9.34. The van der Waals surface area contributed by atoms with Crippen LogP contribution in [0, 0.1) is 5.92 Å². The van der Waals surface area contributed by atoms with Gasteiger partial charge in [-0.1, -0.05) is 36.8 Å². The third-order valence-corrected chi connectivity index (χ3v) is 4.87. The first-order valence-corrected chi connectivity index (χ1v) is 9.34. The molecule has 5 N–H and O–H groups in total. The molecule has 28 heavy (non-hydrogen) atoms. The SMILES string of the molecule is Cl.N[C@@H]1CCC[C@H]1CC(=O)NCc1cccc(NC(=O)Nc2ccccc2)c1. The molecule has 0 aliphatic heterocycles. The Balaban J connectivity index is 0.00000280. The fourth-order valence-electron chi connectivity index (χ4n) is 3.40. The van der Waals surface area contributed by atoms with Gasteiger partial charge in [-0.15, -0.1) is 12.4 Å². The lowest BCUT2D eigenvalue weighted by Gasteiger charge is -2.15. The van der Waals surface area contributed by atoms with E-state index in [1.807, 2.05) is 54.6 Å². The van der Waals surface area contributed by atoms with Crippen LogP contribution < -0.4 is 21.7 Å². The second-order valence-electron chi connectivity index (χ2n) is 6.98. The summed E-state index contributed by atoms with van der Waals surface area (Å²) in [6.45, 7) is 0.427. The lowest BCUT2D eigenvalue weighted by molar-refractivity contribution is -0.122. The Hall–Kier alpha value is -2.57. The molecule has 1 saturated carbocycles. The highest BCUT2D eigenvalue weighted by molar-refractivity contribution is 5.99. The molecular weight excluding hydrogens is 376 g/mol. The van der Waals surface area contributed by atoms with Crippen molar-refractivity contribution in [3.8, 4) is 0 Å². The maximum Gasteiger partial charge on any atom is 0.323 e. The number of nitrogens with two attached hydrogens (primary N) is 1. The molecule has 1 aliphatic rings. The minimum Gasteiger partial charge on any atom is -0.352 e. The van der Waals surface area contributed by atoms with E-state index < -0.39 is 0 Å². The minimum atomic E-state index is -0.308. The van der Waals surface area contributed by atoms with Crippen molar-refractivity contribution in [2.75, 3.05) is 10.6 Å². The van der Waals surface area contributed by atoms with Gasteiger partial charge in [-0.05, 0) is 48.6 Å². The van der Waals surface area contributed by atoms with E-state index in [9.17, 15) is 9.59 Å². The molecular formula is C21H27ClN4O2. The number of hydrogen-bond acceptors (Lipinski definition) is 3. The number of halogens is 1. The lowest BCUT2D eigenvalue weighted by atomic mass is 10.00. The van der Waals surface area contributed by atoms with Gasteiger partial charge in [0, 0.05) is 30.4 Å². The molecule has 0 unspecified atom stereocenters.